The molecule has 2 aromatic rings. The third-order valence-electron chi connectivity index (χ3n) is 5.40. The van der Waals surface area contributed by atoms with Crippen molar-refractivity contribution < 1.29 is 22.7 Å². The molecule has 0 atom stereocenters. The summed E-state index contributed by atoms with van der Waals surface area (Å²) in [5, 5.41) is 0. The minimum atomic E-state index is -3.50. The number of benzene rings is 2. The molecule has 1 heterocycles. The monoisotopic (exact) mass is 432 g/mol. The molecule has 2 aromatic carbocycles. The van der Waals surface area contributed by atoms with E-state index in [0.717, 1.165) is 18.5 Å². The lowest BCUT2D eigenvalue weighted by Gasteiger charge is -2.29. The number of anilines is 1. The summed E-state index contributed by atoms with van der Waals surface area (Å²) in [5.41, 5.74) is 0.724. The highest BCUT2D eigenvalue weighted by atomic mass is 32.2. The summed E-state index contributed by atoms with van der Waals surface area (Å²) < 4.78 is 37.8. The molecule has 1 aliphatic heterocycles. The van der Waals surface area contributed by atoms with Gasteiger partial charge >= 0.3 is 0 Å². The Bertz CT molecular complexity index is 950. The zero-order valence-electron chi connectivity index (χ0n) is 17.6. The Hall–Kier alpha value is -2.58. The molecular weight excluding hydrogens is 404 g/mol. The van der Waals surface area contributed by atoms with Crippen molar-refractivity contribution in [3.05, 3.63) is 48.5 Å². The Balaban J connectivity index is 1.58. The number of hydrogen-bond acceptors (Lipinski definition) is 5. The van der Waals surface area contributed by atoms with Crippen molar-refractivity contribution in [3.63, 3.8) is 0 Å². The van der Waals surface area contributed by atoms with Gasteiger partial charge in [-0.25, -0.2) is 8.42 Å². The molecule has 0 saturated carbocycles. The van der Waals surface area contributed by atoms with Crippen LogP contribution in [0.1, 0.15) is 19.8 Å². The van der Waals surface area contributed by atoms with Crippen LogP contribution in [0.25, 0.3) is 0 Å². The molecule has 0 unspecified atom stereocenters. The summed E-state index contributed by atoms with van der Waals surface area (Å²) in [6.45, 7) is 3.09. The zero-order valence-corrected chi connectivity index (χ0v) is 18.4. The topological polar surface area (TPSA) is 76.1 Å². The SMILES string of the molecule is COc1ccc(N(C)C(=O)COc2ccc(S(=O)(=O)N3CCC(C)CC3)cc2)cc1. The number of nitrogens with zero attached hydrogens (tertiary/aromatic N) is 2. The highest BCUT2D eigenvalue weighted by Crippen LogP contribution is 2.25. The number of ether oxygens (including phenoxy) is 2. The normalized spacial score (nSPS) is 15.6. The molecule has 1 amide bonds. The largest absolute Gasteiger partial charge is 0.497 e. The summed E-state index contributed by atoms with van der Waals surface area (Å²) in [6, 6.07) is 13.4. The number of carbonyl (C=O) groups excluding carboxylic acids is 1. The van der Waals surface area contributed by atoms with Crippen LogP contribution >= 0.6 is 0 Å². The molecule has 7 nitrogen and oxygen atoms in total. The smallest absolute Gasteiger partial charge is 0.264 e. The van der Waals surface area contributed by atoms with Crippen molar-refractivity contribution in [2.75, 3.05) is 38.8 Å². The molecule has 1 saturated heterocycles. The molecule has 0 aliphatic carbocycles. The fourth-order valence-electron chi connectivity index (χ4n) is 3.27. The molecule has 3 rings (SSSR count). The van der Waals surface area contributed by atoms with Crippen molar-refractivity contribution >= 4 is 21.6 Å². The fourth-order valence-corrected chi connectivity index (χ4v) is 4.74. The van der Waals surface area contributed by atoms with E-state index in [4.69, 9.17) is 9.47 Å². The predicted molar refractivity (Wildman–Crippen MR) is 115 cm³/mol. The number of likely N-dealkylation sites (N-methyl/N-ethyl adjacent to an activating group) is 1. The van der Waals surface area contributed by atoms with Gasteiger partial charge in [-0.3, -0.25) is 4.79 Å². The van der Waals surface area contributed by atoms with Gasteiger partial charge < -0.3 is 14.4 Å². The van der Waals surface area contributed by atoms with Gasteiger partial charge in [0.1, 0.15) is 11.5 Å². The van der Waals surface area contributed by atoms with E-state index in [1.165, 1.54) is 21.3 Å². The van der Waals surface area contributed by atoms with Crippen LogP contribution in [-0.2, 0) is 14.8 Å². The average Bonchev–Trinajstić information content (AvgIpc) is 2.77. The van der Waals surface area contributed by atoms with Crippen LogP contribution < -0.4 is 14.4 Å². The molecule has 30 heavy (non-hydrogen) atoms. The highest BCUT2D eigenvalue weighted by Gasteiger charge is 2.28. The van der Waals surface area contributed by atoms with E-state index >= 15 is 0 Å². The summed E-state index contributed by atoms with van der Waals surface area (Å²) >= 11 is 0. The molecule has 1 aliphatic rings. The lowest BCUT2D eigenvalue weighted by atomic mass is 10.0. The first-order valence-electron chi connectivity index (χ1n) is 9.95. The van der Waals surface area contributed by atoms with Crippen molar-refractivity contribution in [3.8, 4) is 11.5 Å². The van der Waals surface area contributed by atoms with Crippen LogP contribution in [0.2, 0.25) is 0 Å². The molecule has 0 bridgehead atoms. The van der Waals surface area contributed by atoms with Gasteiger partial charge in [-0.15, -0.1) is 0 Å². The van der Waals surface area contributed by atoms with Gasteiger partial charge in [0, 0.05) is 25.8 Å². The molecule has 162 valence electrons. The summed E-state index contributed by atoms with van der Waals surface area (Å²) in [4.78, 5) is 14.1. The van der Waals surface area contributed by atoms with Crippen molar-refractivity contribution in [2.24, 2.45) is 5.92 Å². The van der Waals surface area contributed by atoms with E-state index < -0.39 is 10.0 Å². The lowest BCUT2D eigenvalue weighted by Crippen LogP contribution is -2.37. The molecule has 8 heteroatoms. The minimum Gasteiger partial charge on any atom is -0.497 e. The fraction of sp³-hybridized carbons (Fsp3) is 0.409. The Labute approximate surface area is 178 Å². The Morgan fingerprint density at radius 1 is 1.03 bits per heavy atom. The van der Waals surface area contributed by atoms with E-state index in [0.29, 0.717) is 30.5 Å². The third-order valence-corrected chi connectivity index (χ3v) is 7.31. The maximum Gasteiger partial charge on any atom is 0.264 e. The Morgan fingerprint density at radius 3 is 2.17 bits per heavy atom. The van der Waals surface area contributed by atoms with Crippen molar-refractivity contribution in [1.82, 2.24) is 4.31 Å². The first-order valence-corrected chi connectivity index (χ1v) is 11.4. The molecule has 0 radical (unpaired) electrons. The van der Waals surface area contributed by atoms with Gasteiger partial charge in [0.2, 0.25) is 10.0 Å². The number of sulfonamides is 1. The van der Waals surface area contributed by atoms with Crippen LogP contribution in [0.4, 0.5) is 5.69 Å². The van der Waals surface area contributed by atoms with Gasteiger partial charge in [-0.1, -0.05) is 6.92 Å². The molecular formula is C22H28N2O5S. The Kier molecular flexibility index (Phi) is 6.99. The van der Waals surface area contributed by atoms with Gasteiger partial charge in [0.15, 0.2) is 6.61 Å². The number of rotatable bonds is 7. The van der Waals surface area contributed by atoms with E-state index in [1.807, 2.05) is 0 Å². The third kappa shape index (κ3) is 5.12. The molecule has 0 spiro atoms. The maximum atomic E-state index is 12.8. The number of carbonyl (C=O) groups is 1. The van der Waals surface area contributed by atoms with Crippen LogP contribution in [0, 0.1) is 5.92 Å². The molecule has 0 N–H and O–H groups in total. The van der Waals surface area contributed by atoms with E-state index in [1.54, 1.807) is 50.6 Å². The van der Waals surface area contributed by atoms with Gasteiger partial charge in [-0.2, -0.15) is 4.31 Å². The second-order valence-electron chi connectivity index (χ2n) is 7.50. The lowest BCUT2D eigenvalue weighted by molar-refractivity contribution is -0.120. The quantitative estimate of drug-likeness (QED) is 0.672. The van der Waals surface area contributed by atoms with Gasteiger partial charge in [-0.05, 0) is 67.3 Å². The van der Waals surface area contributed by atoms with Crippen LogP contribution in [-0.4, -0.2) is 52.5 Å². The summed E-state index contributed by atoms with van der Waals surface area (Å²) in [5.74, 6) is 1.49. The number of hydrogen-bond donors (Lipinski definition) is 0. The van der Waals surface area contributed by atoms with Crippen LogP contribution in [0.3, 0.4) is 0 Å². The number of piperidine rings is 1. The second kappa shape index (κ2) is 9.49. The highest BCUT2D eigenvalue weighted by molar-refractivity contribution is 7.89. The van der Waals surface area contributed by atoms with Crippen molar-refractivity contribution in [2.45, 2.75) is 24.7 Å². The van der Waals surface area contributed by atoms with Gasteiger partial charge in [0.05, 0.1) is 12.0 Å². The van der Waals surface area contributed by atoms with E-state index in [2.05, 4.69) is 6.92 Å². The number of methoxy groups -OCH3 is 1. The number of amides is 1. The first kappa shape index (κ1) is 22.1. The predicted octanol–water partition coefficient (Wildman–Crippen LogP) is 3.16. The zero-order chi connectivity index (χ0) is 21.7. The Morgan fingerprint density at radius 2 is 1.60 bits per heavy atom. The van der Waals surface area contributed by atoms with Gasteiger partial charge in [0.25, 0.3) is 5.91 Å². The minimum absolute atomic E-state index is 0.154. The maximum absolute atomic E-state index is 12.8. The second-order valence-corrected chi connectivity index (χ2v) is 9.44. The van der Waals surface area contributed by atoms with Crippen LogP contribution in [0.15, 0.2) is 53.4 Å². The van der Waals surface area contributed by atoms with E-state index in [9.17, 15) is 13.2 Å². The summed E-state index contributed by atoms with van der Waals surface area (Å²) in [7, 11) is -0.243. The van der Waals surface area contributed by atoms with Crippen LogP contribution in [0.5, 0.6) is 11.5 Å². The standard InChI is InChI=1S/C22H28N2O5S/c1-17-12-14-24(15-13-17)30(26,27)21-10-8-20(9-11-21)29-16-22(25)23(2)18-4-6-19(28-3)7-5-18/h4-11,17H,12-16H2,1-3H3. The van der Waals surface area contributed by atoms with Crippen molar-refractivity contribution in [1.29, 1.82) is 0 Å². The summed E-state index contributed by atoms with van der Waals surface area (Å²) in [6.07, 6.45) is 1.76. The molecule has 1 fully saturated rings. The molecule has 0 aromatic heterocycles. The van der Waals surface area contributed by atoms with E-state index in [-0.39, 0.29) is 17.4 Å². The average molecular weight is 433 g/mol. The first-order chi connectivity index (χ1) is 14.3.